The van der Waals surface area contributed by atoms with E-state index >= 15 is 0 Å². The quantitative estimate of drug-likeness (QED) is 0.446. The predicted octanol–water partition coefficient (Wildman–Crippen LogP) is 2.19. The number of carbonyl (C=O) groups is 2. The largest absolute Gasteiger partial charge is 0.292 e. The number of ketones is 2. The summed E-state index contributed by atoms with van der Waals surface area (Å²) in [5.41, 5.74) is -0.222. The van der Waals surface area contributed by atoms with Crippen LogP contribution < -0.4 is 0 Å². The van der Waals surface area contributed by atoms with E-state index in [-0.39, 0.29) is 16.8 Å². The molecule has 1 aliphatic rings. The van der Waals surface area contributed by atoms with Gasteiger partial charge in [-0.15, -0.1) is 23.2 Å². The zero-order chi connectivity index (χ0) is 12.7. The molecule has 0 aromatic heterocycles. The maximum absolute atomic E-state index is 11.8. The van der Waals surface area contributed by atoms with Crippen molar-refractivity contribution in [3.63, 3.8) is 0 Å². The molecular formula is C10H5Cl2NO4. The van der Waals surface area contributed by atoms with Gasteiger partial charge < -0.3 is 0 Å². The van der Waals surface area contributed by atoms with Gasteiger partial charge in [0.25, 0.3) is 5.69 Å². The van der Waals surface area contributed by atoms with Gasteiger partial charge in [0.2, 0.25) is 0 Å². The van der Waals surface area contributed by atoms with E-state index in [4.69, 9.17) is 23.2 Å². The summed E-state index contributed by atoms with van der Waals surface area (Å²) in [4.78, 5) is 33.4. The molecule has 0 heterocycles. The fraction of sp³-hybridized carbons (Fsp3) is 0.200. The summed E-state index contributed by atoms with van der Waals surface area (Å²) in [6.45, 7) is 0. The minimum Gasteiger partial charge on any atom is -0.292 e. The van der Waals surface area contributed by atoms with Crippen molar-refractivity contribution in [3.05, 3.63) is 39.4 Å². The van der Waals surface area contributed by atoms with Gasteiger partial charge in [-0.25, -0.2) is 0 Å². The highest BCUT2D eigenvalue weighted by Crippen LogP contribution is 2.30. The number of halogens is 2. The number of Topliss-reactive ketones (excluding diaryl/α,β-unsaturated/α-hetero) is 2. The molecule has 0 saturated heterocycles. The molecule has 17 heavy (non-hydrogen) atoms. The van der Waals surface area contributed by atoms with Gasteiger partial charge in [0.15, 0.2) is 11.6 Å². The molecule has 0 amide bonds. The summed E-state index contributed by atoms with van der Waals surface area (Å²) in [7, 11) is 0. The van der Waals surface area contributed by atoms with E-state index in [1.165, 1.54) is 6.07 Å². The van der Waals surface area contributed by atoms with Gasteiger partial charge in [-0.3, -0.25) is 19.7 Å². The van der Waals surface area contributed by atoms with Crippen molar-refractivity contribution in [1.29, 1.82) is 0 Å². The van der Waals surface area contributed by atoms with Crippen LogP contribution in [0, 0.1) is 10.1 Å². The third-order valence-electron chi connectivity index (χ3n) is 2.50. The molecule has 0 fully saturated rings. The summed E-state index contributed by atoms with van der Waals surface area (Å²) in [6, 6.07) is 3.43. The normalized spacial score (nSPS) is 23.4. The number of carbonyl (C=O) groups excluding carboxylic acids is 2. The number of nitro benzene ring substituents is 1. The second-order valence-corrected chi connectivity index (χ2v) is 4.46. The molecular weight excluding hydrogens is 269 g/mol. The van der Waals surface area contributed by atoms with Crippen molar-refractivity contribution < 1.29 is 14.5 Å². The van der Waals surface area contributed by atoms with E-state index in [9.17, 15) is 19.7 Å². The van der Waals surface area contributed by atoms with Crippen LogP contribution in [0.2, 0.25) is 0 Å². The zero-order valence-electron chi connectivity index (χ0n) is 8.22. The van der Waals surface area contributed by atoms with Crippen molar-refractivity contribution in [2.75, 3.05) is 0 Å². The highest BCUT2D eigenvalue weighted by Gasteiger charge is 2.39. The van der Waals surface area contributed by atoms with Crippen molar-refractivity contribution in [2.45, 2.75) is 10.8 Å². The maximum Gasteiger partial charge on any atom is 0.270 e. The first-order valence-corrected chi connectivity index (χ1v) is 5.46. The second kappa shape index (κ2) is 4.09. The van der Waals surface area contributed by atoms with Crippen molar-refractivity contribution in [2.24, 2.45) is 0 Å². The molecule has 5 nitrogen and oxygen atoms in total. The number of nitrogens with zero attached hydrogens (tertiary/aromatic N) is 1. The van der Waals surface area contributed by atoms with Gasteiger partial charge in [-0.2, -0.15) is 0 Å². The third-order valence-corrected chi connectivity index (χ3v) is 3.53. The predicted molar refractivity (Wildman–Crippen MR) is 61.0 cm³/mol. The van der Waals surface area contributed by atoms with Crippen molar-refractivity contribution in [1.82, 2.24) is 0 Å². The number of benzene rings is 1. The molecule has 1 aliphatic carbocycles. The van der Waals surface area contributed by atoms with Crippen LogP contribution in [-0.4, -0.2) is 27.2 Å². The summed E-state index contributed by atoms with van der Waals surface area (Å²) in [5, 5.41) is 8.26. The molecule has 88 valence electrons. The van der Waals surface area contributed by atoms with E-state index in [0.29, 0.717) is 0 Å². The monoisotopic (exact) mass is 273 g/mol. The van der Waals surface area contributed by atoms with E-state index in [0.717, 1.165) is 12.1 Å². The lowest BCUT2D eigenvalue weighted by molar-refractivity contribution is -0.384. The second-order valence-electron chi connectivity index (χ2n) is 3.52. The molecule has 2 rings (SSSR count). The van der Waals surface area contributed by atoms with Crippen LogP contribution in [0.15, 0.2) is 18.2 Å². The standard InChI is InChI=1S/C10H5Cl2NO4/c11-7-8(12)10(15)6-3-4(13(16)17)1-2-5(6)9(7)14/h1-3,7-8H. The minimum absolute atomic E-state index is 0.0406. The molecule has 0 N–H and O–H groups in total. The number of non-ortho nitro benzene ring substituents is 1. The summed E-state index contributed by atoms with van der Waals surface area (Å²) in [5.74, 6) is -1.05. The minimum atomic E-state index is -1.18. The lowest BCUT2D eigenvalue weighted by Crippen LogP contribution is -2.38. The van der Waals surface area contributed by atoms with Gasteiger partial charge in [-0.1, -0.05) is 0 Å². The third kappa shape index (κ3) is 1.81. The Morgan fingerprint density at radius 1 is 1.06 bits per heavy atom. The summed E-state index contributed by atoms with van der Waals surface area (Å²) >= 11 is 11.4. The van der Waals surface area contributed by atoms with Gasteiger partial charge >= 0.3 is 0 Å². The molecule has 1 aromatic rings. The Kier molecular flexibility index (Phi) is 2.89. The summed E-state index contributed by atoms with van der Waals surface area (Å²) in [6.07, 6.45) is 0. The number of hydrogen-bond acceptors (Lipinski definition) is 4. The smallest absolute Gasteiger partial charge is 0.270 e. The van der Waals surface area contributed by atoms with Crippen LogP contribution >= 0.6 is 23.2 Å². The zero-order valence-corrected chi connectivity index (χ0v) is 9.73. The molecule has 0 saturated carbocycles. The van der Waals surface area contributed by atoms with E-state index in [2.05, 4.69) is 0 Å². The molecule has 7 heteroatoms. The van der Waals surface area contributed by atoms with Gasteiger partial charge in [0.1, 0.15) is 10.8 Å². The van der Waals surface area contributed by atoms with Gasteiger partial charge in [0.05, 0.1) is 4.92 Å². The van der Waals surface area contributed by atoms with Gasteiger partial charge in [0, 0.05) is 23.3 Å². The molecule has 0 spiro atoms. The van der Waals surface area contributed by atoms with Crippen LogP contribution in [0.3, 0.4) is 0 Å². The van der Waals surface area contributed by atoms with E-state index in [1.807, 2.05) is 0 Å². The molecule has 0 bridgehead atoms. The highest BCUT2D eigenvalue weighted by atomic mass is 35.5. The van der Waals surface area contributed by atoms with E-state index in [1.54, 1.807) is 0 Å². The van der Waals surface area contributed by atoms with Crippen LogP contribution in [0.5, 0.6) is 0 Å². The Bertz CT molecular complexity index is 543. The van der Waals surface area contributed by atoms with Gasteiger partial charge in [-0.05, 0) is 6.07 Å². The number of rotatable bonds is 1. The van der Waals surface area contributed by atoms with Crippen molar-refractivity contribution in [3.8, 4) is 0 Å². The molecule has 0 radical (unpaired) electrons. The summed E-state index contributed by atoms with van der Waals surface area (Å²) < 4.78 is 0. The first kappa shape index (κ1) is 12.0. The Labute approximate surface area is 105 Å². The number of fused-ring (bicyclic) bond motifs is 1. The van der Waals surface area contributed by atoms with Crippen LogP contribution in [0.4, 0.5) is 5.69 Å². The first-order chi connectivity index (χ1) is 7.93. The fourth-order valence-corrected chi connectivity index (χ4v) is 2.09. The molecule has 0 aliphatic heterocycles. The van der Waals surface area contributed by atoms with Crippen molar-refractivity contribution >= 4 is 40.5 Å². The topological polar surface area (TPSA) is 77.3 Å². The SMILES string of the molecule is O=C1c2ccc([N+](=O)[O-])cc2C(=O)C(Cl)C1Cl. The number of nitro groups is 1. The average molecular weight is 274 g/mol. The maximum atomic E-state index is 11.8. The number of alkyl halides is 2. The Balaban J connectivity index is 2.62. The Morgan fingerprint density at radius 3 is 2.12 bits per heavy atom. The highest BCUT2D eigenvalue weighted by molar-refractivity contribution is 6.48. The van der Waals surface area contributed by atoms with Crippen LogP contribution in [0.1, 0.15) is 20.7 Å². The Hall–Kier alpha value is -1.46. The Morgan fingerprint density at radius 2 is 1.59 bits per heavy atom. The number of hydrogen-bond donors (Lipinski definition) is 0. The van der Waals surface area contributed by atoms with Crippen LogP contribution in [-0.2, 0) is 0 Å². The fourth-order valence-electron chi connectivity index (χ4n) is 1.63. The first-order valence-electron chi connectivity index (χ1n) is 4.58. The van der Waals surface area contributed by atoms with E-state index < -0.39 is 27.2 Å². The lowest BCUT2D eigenvalue weighted by Gasteiger charge is -2.21. The van der Waals surface area contributed by atoms with Crippen LogP contribution in [0.25, 0.3) is 0 Å². The lowest BCUT2D eigenvalue weighted by atomic mass is 9.88. The molecule has 2 atom stereocenters. The molecule has 2 unspecified atom stereocenters. The average Bonchev–Trinajstić information content (AvgIpc) is 2.32. The molecule has 1 aromatic carbocycles.